The molecule has 0 N–H and O–H groups in total. The Morgan fingerprint density at radius 2 is 1.71 bits per heavy atom. The van der Waals surface area contributed by atoms with Gasteiger partial charge in [0.15, 0.2) is 5.78 Å². The van der Waals surface area contributed by atoms with Crippen LogP contribution in [0, 0.1) is 0 Å². The number of amides is 1. The minimum absolute atomic E-state index is 0.0799. The fourth-order valence-electron chi connectivity index (χ4n) is 2.50. The lowest BCUT2D eigenvalue weighted by Gasteiger charge is -2.36. The van der Waals surface area contributed by atoms with E-state index in [4.69, 9.17) is 11.6 Å². The van der Waals surface area contributed by atoms with E-state index in [1.807, 2.05) is 29.2 Å². The van der Waals surface area contributed by atoms with Crippen LogP contribution in [0.15, 0.2) is 24.3 Å². The first-order valence-electron chi connectivity index (χ1n) is 7.31. The third kappa shape index (κ3) is 4.21. The summed E-state index contributed by atoms with van der Waals surface area (Å²) >= 11 is 5.62. The highest BCUT2D eigenvalue weighted by Crippen LogP contribution is 2.18. The lowest BCUT2D eigenvalue weighted by molar-refractivity contribution is -0.131. The van der Waals surface area contributed by atoms with Gasteiger partial charge < -0.3 is 9.80 Å². The Balaban J connectivity index is 1.88. The number of carbonyl (C=O) groups is 2. The van der Waals surface area contributed by atoms with Gasteiger partial charge in [-0.25, -0.2) is 0 Å². The van der Waals surface area contributed by atoms with Crippen molar-refractivity contribution in [2.45, 2.75) is 19.8 Å². The van der Waals surface area contributed by atoms with Gasteiger partial charge in [0.05, 0.1) is 0 Å². The number of anilines is 1. The summed E-state index contributed by atoms with van der Waals surface area (Å²) in [6.07, 6.45) is 1.28. The van der Waals surface area contributed by atoms with Crippen molar-refractivity contribution in [3.63, 3.8) is 0 Å². The molecule has 0 aromatic heterocycles. The van der Waals surface area contributed by atoms with Crippen LogP contribution >= 0.6 is 11.6 Å². The summed E-state index contributed by atoms with van der Waals surface area (Å²) in [4.78, 5) is 27.4. The molecule has 0 unspecified atom stereocenters. The van der Waals surface area contributed by atoms with Crippen molar-refractivity contribution < 1.29 is 9.59 Å². The van der Waals surface area contributed by atoms with Crippen LogP contribution in [0.1, 0.15) is 30.1 Å². The van der Waals surface area contributed by atoms with E-state index in [0.29, 0.717) is 12.3 Å². The Bertz CT molecular complexity index is 494. The standard InChI is InChI=1S/C16H21ClN2O2/c1-13(20)14-4-6-15(7-5-14)18-9-11-19(12-10-18)16(21)3-2-8-17/h4-7H,2-3,8-12H2,1H3. The Morgan fingerprint density at radius 1 is 1.10 bits per heavy atom. The molecular weight excluding hydrogens is 288 g/mol. The van der Waals surface area contributed by atoms with Gasteiger partial charge in [-0.1, -0.05) is 0 Å². The minimum Gasteiger partial charge on any atom is -0.368 e. The van der Waals surface area contributed by atoms with Crippen molar-refractivity contribution in [1.29, 1.82) is 0 Å². The number of ketones is 1. The van der Waals surface area contributed by atoms with Crippen LogP contribution in [-0.2, 0) is 4.79 Å². The second-order valence-electron chi connectivity index (χ2n) is 5.26. The molecule has 0 spiro atoms. The van der Waals surface area contributed by atoms with E-state index in [-0.39, 0.29) is 11.7 Å². The Hall–Kier alpha value is -1.55. The molecule has 1 aromatic carbocycles. The van der Waals surface area contributed by atoms with Crippen molar-refractivity contribution >= 4 is 29.0 Å². The molecule has 1 aromatic rings. The van der Waals surface area contributed by atoms with Gasteiger partial charge in [0.25, 0.3) is 0 Å². The summed E-state index contributed by atoms with van der Waals surface area (Å²) in [7, 11) is 0. The number of benzene rings is 1. The minimum atomic E-state index is 0.0799. The molecule has 0 bridgehead atoms. The van der Waals surface area contributed by atoms with Gasteiger partial charge >= 0.3 is 0 Å². The molecule has 0 saturated carbocycles. The van der Waals surface area contributed by atoms with E-state index in [2.05, 4.69) is 4.90 Å². The van der Waals surface area contributed by atoms with Crippen LogP contribution in [0.2, 0.25) is 0 Å². The molecule has 4 nitrogen and oxygen atoms in total. The maximum absolute atomic E-state index is 11.9. The van der Waals surface area contributed by atoms with Crippen molar-refractivity contribution in [3.8, 4) is 0 Å². The lowest BCUT2D eigenvalue weighted by atomic mass is 10.1. The SMILES string of the molecule is CC(=O)c1ccc(N2CCN(C(=O)CCCCl)CC2)cc1. The molecule has 0 aliphatic carbocycles. The van der Waals surface area contributed by atoms with Gasteiger partial charge in [0.2, 0.25) is 5.91 Å². The zero-order chi connectivity index (χ0) is 15.2. The van der Waals surface area contributed by atoms with Crippen molar-refractivity contribution in [2.75, 3.05) is 37.0 Å². The Morgan fingerprint density at radius 3 is 2.24 bits per heavy atom. The predicted molar refractivity (Wildman–Crippen MR) is 85.2 cm³/mol. The third-order valence-corrected chi connectivity index (χ3v) is 4.06. The van der Waals surface area contributed by atoms with Crippen molar-refractivity contribution in [3.05, 3.63) is 29.8 Å². The number of halogens is 1. The number of Topliss-reactive ketones (excluding diaryl/α,β-unsaturated/α-hetero) is 1. The van der Waals surface area contributed by atoms with Crippen molar-refractivity contribution in [2.24, 2.45) is 0 Å². The van der Waals surface area contributed by atoms with E-state index in [9.17, 15) is 9.59 Å². The monoisotopic (exact) mass is 308 g/mol. The highest BCUT2D eigenvalue weighted by Gasteiger charge is 2.20. The number of nitrogens with zero attached hydrogens (tertiary/aromatic N) is 2. The number of carbonyl (C=O) groups excluding carboxylic acids is 2. The number of piperazine rings is 1. The molecule has 2 rings (SSSR count). The van der Waals surface area contributed by atoms with Crippen LogP contribution in [0.3, 0.4) is 0 Å². The lowest BCUT2D eigenvalue weighted by Crippen LogP contribution is -2.48. The molecule has 1 saturated heterocycles. The predicted octanol–water partition coefficient (Wildman–Crippen LogP) is 2.56. The molecule has 5 heteroatoms. The smallest absolute Gasteiger partial charge is 0.222 e. The molecule has 0 radical (unpaired) electrons. The number of rotatable bonds is 5. The van der Waals surface area contributed by atoms with Crippen LogP contribution in [-0.4, -0.2) is 48.6 Å². The topological polar surface area (TPSA) is 40.6 Å². The Kier molecular flexibility index (Phi) is 5.62. The zero-order valence-corrected chi connectivity index (χ0v) is 13.1. The summed E-state index contributed by atoms with van der Waals surface area (Å²) in [5.74, 6) is 0.812. The van der Waals surface area contributed by atoms with Crippen LogP contribution in [0.5, 0.6) is 0 Å². The highest BCUT2D eigenvalue weighted by molar-refractivity contribution is 6.17. The molecule has 1 aliphatic rings. The second kappa shape index (κ2) is 7.46. The van der Waals surface area contributed by atoms with Gasteiger partial charge in [0.1, 0.15) is 0 Å². The summed E-state index contributed by atoms with van der Waals surface area (Å²) in [5.41, 5.74) is 1.83. The quantitative estimate of drug-likeness (QED) is 0.620. The molecule has 1 fully saturated rings. The molecule has 0 atom stereocenters. The van der Waals surface area contributed by atoms with E-state index < -0.39 is 0 Å². The van der Waals surface area contributed by atoms with Crippen molar-refractivity contribution in [1.82, 2.24) is 4.90 Å². The summed E-state index contributed by atoms with van der Waals surface area (Å²) in [6, 6.07) is 7.66. The molecule has 1 heterocycles. The first-order chi connectivity index (χ1) is 10.1. The maximum atomic E-state index is 11.9. The average Bonchev–Trinajstić information content (AvgIpc) is 2.53. The van der Waals surface area contributed by atoms with E-state index >= 15 is 0 Å². The molecule has 21 heavy (non-hydrogen) atoms. The van der Waals surface area contributed by atoms with Crippen LogP contribution in [0.4, 0.5) is 5.69 Å². The van der Waals surface area contributed by atoms with Gasteiger partial charge in [0, 0.05) is 49.7 Å². The summed E-state index contributed by atoms with van der Waals surface area (Å²) < 4.78 is 0. The molecule has 1 aliphatic heterocycles. The average molecular weight is 309 g/mol. The number of hydrogen-bond acceptors (Lipinski definition) is 3. The summed E-state index contributed by atoms with van der Waals surface area (Å²) in [6.45, 7) is 4.71. The fraction of sp³-hybridized carbons (Fsp3) is 0.500. The van der Waals surface area contributed by atoms with Gasteiger partial charge in [-0.15, -0.1) is 11.6 Å². The maximum Gasteiger partial charge on any atom is 0.222 e. The fourth-order valence-corrected chi connectivity index (χ4v) is 2.63. The van der Waals surface area contributed by atoms with Gasteiger partial charge in [-0.05, 0) is 37.6 Å². The van der Waals surface area contributed by atoms with Gasteiger partial charge in [-0.2, -0.15) is 0 Å². The Labute approximate surface area is 130 Å². The molecular formula is C16H21ClN2O2. The summed E-state index contributed by atoms with van der Waals surface area (Å²) in [5, 5.41) is 0. The second-order valence-corrected chi connectivity index (χ2v) is 5.64. The molecule has 114 valence electrons. The number of alkyl halides is 1. The van der Waals surface area contributed by atoms with E-state index in [1.54, 1.807) is 6.92 Å². The van der Waals surface area contributed by atoms with E-state index in [0.717, 1.165) is 43.9 Å². The van der Waals surface area contributed by atoms with Crippen LogP contribution < -0.4 is 4.90 Å². The first-order valence-corrected chi connectivity index (χ1v) is 7.85. The number of hydrogen-bond donors (Lipinski definition) is 0. The normalized spacial score (nSPS) is 15.1. The van der Waals surface area contributed by atoms with Crippen LogP contribution in [0.25, 0.3) is 0 Å². The first kappa shape index (κ1) is 15.8. The highest BCUT2D eigenvalue weighted by atomic mass is 35.5. The van der Waals surface area contributed by atoms with Gasteiger partial charge in [-0.3, -0.25) is 9.59 Å². The molecule has 1 amide bonds. The van der Waals surface area contributed by atoms with E-state index in [1.165, 1.54) is 0 Å². The largest absolute Gasteiger partial charge is 0.368 e. The zero-order valence-electron chi connectivity index (χ0n) is 12.3. The third-order valence-electron chi connectivity index (χ3n) is 3.80.